The largest absolute Gasteiger partial charge is 0.361 e. The van der Waals surface area contributed by atoms with E-state index in [0.717, 1.165) is 29.3 Å². The standard InChI is InChI=1S/C19H19ClN2O/c20-16-8-9-17-15(13-22-18(17)12-16)11-19(23)21-10-4-7-14-5-2-1-3-6-14/h1-3,5-6,8-9,12-13,22H,4,7,10-11H2,(H,21,23). The van der Waals surface area contributed by atoms with Gasteiger partial charge in [-0.1, -0.05) is 48.0 Å². The number of nitrogens with one attached hydrogen (secondary N) is 2. The Balaban J connectivity index is 1.49. The zero-order valence-corrected chi connectivity index (χ0v) is 13.6. The fraction of sp³-hybridized carbons (Fsp3) is 0.211. The highest BCUT2D eigenvalue weighted by molar-refractivity contribution is 6.31. The van der Waals surface area contributed by atoms with E-state index in [-0.39, 0.29) is 5.91 Å². The van der Waals surface area contributed by atoms with Crippen molar-refractivity contribution in [2.75, 3.05) is 6.54 Å². The van der Waals surface area contributed by atoms with E-state index in [1.54, 1.807) is 0 Å². The Morgan fingerprint density at radius 2 is 1.96 bits per heavy atom. The SMILES string of the molecule is O=C(Cc1c[nH]c2cc(Cl)ccc12)NCCCc1ccccc1. The van der Waals surface area contributed by atoms with E-state index in [1.807, 2.05) is 42.6 Å². The smallest absolute Gasteiger partial charge is 0.224 e. The molecule has 3 rings (SSSR count). The van der Waals surface area contributed by atoms with Gasteiger partial charge >= 0.3 is 0 Å². The summed E-state index contributed by atoms with van der Waals surface area (Å²) in [5, 5.41) is 4.73. The summed E-state index contributed by atoms with van der Waals surface area (Å²) < 4.78 is 0. The van der Waals surface area contributed by atoms with Gasteiger partial charge in [0.15, 0.2) is 0 Å². The molecule has 23 heavy (non-hydrogen) atoms. The molecule has 3 nitrogen and oxygen atoms in total. The van der Waals surface area contributed by atoms with E-state index in [0.29, 0.717) is 18.0 Å². The van der Waals surface area contributed by atoms with Crippen molar-refractivity contribution in [3.8, 4) is 0 Å². The maximum Gasteiger partial charge on any atom is 0.224 e. The van der Waals surface area contributed by atoms with E-state index in [2.05, 4.69) is 22.4 Å². The van der Waals surface area contributed by atoms with Crippen molar-refractivity contribution in [2.24, 2.45) is 0 Å². The summed E-state index contributed by atoms with van der Waals surface area (Å²) in [6, 6.07) is 16.0. The average molecular weight is 327 g/mol. The maximum atomic E-state index is 12.1. The highest BCUT2D eigenvalue weighted by Crippen LogP contribution is 2.22. The van der Waals surface area contributed by atoms with Crippen LogP contribution in [0.2, 0.25) is 5.02 Å². The second kappa shape index (κ2) is 7.34. The van der Waals surface area contributed by atoms with Crippen molar-refractivity contribution < 1.29 is 4.79 Å². The molecule has 0 spiro atoms. The molecule has 2 N–H and O–H groups in total. The van der Waals surface area contributed by atoms with E-state index in [9.17, 15) is 4.79 Å². The van der Waals surface area contributed by atoms with Gasteiger partial charge in [-0.05, 0) is 36.1 Å². The van der Waals surface area contributed by atoms with Crippen LogP contribution in [0.4, 0.5) is 0 Å². The predicted octanol–water partition coefficient (Wildman–Crippen LogP) is 4.11. The lowest BCUT2D eigenvalue weighted by Gasteiger charge is -2.05. The molecular formula is C19H19ClN2O. The molecule has 118 valence electrons. The number of carbonyl (C=O) groups is 1. The van der Waals surface area contributed by atoms with Crippen LogP contribution in [-0.4, -0.2) is 17.4 Å². The van der Waals surface area contributed by atoms with Crippen LogP contribution in [0.25, 0.3) is 10.9 Å². The fourth-order valence-electron chi connectivity index (χ4n) is 2.71. The molecule has 0 aliphatic heterocycles. The van der Waals surface area contributed by atoms with Gasteiger partial charge in [-0.25, -0.2) is 0 Å². The zero-order chi connectivity index (χ0) is 16.1. The van der Waals surface area contributed by atoms with E-state index >= 15 is 0 Å². The minimum atomic E-state index is 0.0499. The molecule has 0 unspecified atom stereocenters. The van der Waals surface area contributed by atoms with Crippen LogP contribution in [0.15, 0.2) is 54.7 Å². The van der Waals surface area contributed by atoms with Crippen LogP contribution in [0, 0.1) is 0 Å². The number of rotatable bonds is 6. The topological polar surface area (TPSA) is 44.9 Å². The van der Waals surface area contributed by atoms with Gasteiger partial charge in [0.05, 0.1) is 6.42 Å². The summed E-state index contributed by atoms with van der Waals surface area (Å²) in [5.74, 6) is 0.0499. The highest BCUT2D eigenvalue weighted by Gasteiger charge is 2.08. The third-order valence-electron chi connectivity index (χ3n) is 3.89. The summed E-state index contributed by atoms with van der Waals surface area (Å²) >= 11 is 5.97. The number of aromatic nitrogens is 1. The van der Waals surface area contributed by atoms with Crippen molar-refractivity contribution in [3.05, 3.63) is 70.9 Å². The molecule has 4 heteroatoms. The Hall–Kier alpha value is -2.26. The lowest BCUT2D eigenvalue weighted by Crippen LogP contribution is -2.26. The molecule has 0 saturated heterocycles. The van der Waals surface area contributed by atoms with Crippen LogP contribution >= 0.6 is 11.6 Å². The predicted molar refractivity (Wildman–Crippen MR) is 94.8 cm³/mol. The molecule has 1 aromatic heterocycles. The minimum Gasteiger partial charge on any atom is -0.361 e. The van der Waals surface area contributed by atoms with Crippen LogP contribution in [-0.2, 0) is 17.6 Å². The number of aromatic amines is 1. The highest BCUT2D eigenvalue weighted by atomic mass is 35.5. The van der Waals surface area contributed by atoms with E-state index in [1.165, 1.54) is 5.56 Å². The Morgan fingerprint density at radius 3 is 2.78 bits per heavy atom. The molecule has 1 amide bonds. The summed E-state index contributed by atoms with van der Waals surface area (Å²) in [7, 11) is 0. The van der Waals surface area contributed by atoms with Crippen LogP contribution in [0.1, 0.15) is 17.5 Å². The maximum absolute atomic E-state index is 12.1. The quantitative estimate of drug-likeness (QED) is 0.658. The molecule has 0 fully saturated rings. The summed E-state index contributed by atoms with van der Waals surface area (Å²) in [6.07, 6.45) is 4.18. The molecule has 0 aliphatic carbocycles. The van der Waals surface area contributed by atoms with Crippen LogP contribution in [0.5, 0.6) is 0 Å². The second-order valence-electron chi connectivity index (χ2n) is 5.62. The van der Waals surface area contributed by atoms with Crippen molar-refractivity contribution in [2.45, 2.75) is 19.3 Å². The van der Waals surface area contributed by atoms with Crippen LogP contribution in [0.3, 0.4) is 0 Å². The number of amides is 1. The van der Waals surface area contributed by atoms with Gasteiger partial charge in [0.25, 0.3) is 0 Å². The number of benzene rings is 2. The number of H-pyrrole nitrogens is 1. The Morgan fingerprint density at radius 1 is 1.13 bits per heavy atom. The molecule has 0 aliphatic rings. The van der Waals surface area contributed by atoms with Crippen molar-refractivity contribution in [1.82, 2.24) is 10.3 Å². The molecule has 0 radical (unpaired) electrons. The molecule has 3 aromatic rings. The normalized spacial score (nSPS) is 10.8. The lowest BCUT2D eigenvalue weighted by atomic mass is 10.1. The zero-order valence-electron chi connectivity index (χ0n) is 12.8. The van der Waals surface area contributed by atoms with Crippen molar-refractivity contribution in [3.63, 3.8) is 0 Å². The molecule has 2 aromatic carbocycles. The first kappa shape index (κ1) is 15.6. The Labute approximate surface area is 140 Å². The molecule has 1 heterocycles. The second-order valence-corrected chi connectivity index (χ2v) is 6.06. The number of carbonyl (C=O) groups excluding carboxylic acids is 1. The number of hydrogen-bond donors (Lipinski definition) is 2. The molecular weight excluding hydrogens is 308 g/mol. The van der Waals surface area contributed by atoms with Crippen LogP contribution < -0.4 is 5.32 Å². The van der Waals surface area contributed by atoms with Crippen molar-refractivity contribution in [1.29, 1.82) is 0 Å². The van der Waals surface area contributed by atoms with Gasteiger partial charge in [0.2, 0.25) is 5.91 Å². The molecule has 0 saturated carbocycles. The first-order valence-corrected chi connectivity index (χ1v) is 8.16. The third-order valence-corrected chi connectivity index (χ3v) is 4.12. The number of fused-ring (bicyclic) bond motifs is 1. The van der Waals surface area contributed by atoms with Gasteiger partial charge in [0.1, 0.15) is 0 Å². The summed E-state index contributed by atoms with van der Waals surface area (Å²) in [5.41, 5.74) is 3.26. The fourth-order valence-corrected chi connectivity index (χ4v) is 2.88. The van der Waals surface area contributed by atoms with Crippen molar-refractivity contribution >= 4 is 28.4 Å². The number of aryl methyl sites for hydroxylation is 1. The minimum absolute atomic E-state index is 0.0499. The summed E-state index contributed by atoms with van der Waals surface area (Å²) in [6.45, 7) is 0.696. The van der Waals surface area contributed by atoms with Gasteiger partial charge in [-0.2, -0.15) is 0 Å². The lowest BCUT2D eigenvalue weighted by molar-refractivity contribution is -0.120. The molecule has 0 bridgehead atoms. The number of halogens is 1. The summed E-state index contributed by atoms with van der Waals surface area (Å²) in [4.78, 5) is 15.2. The number of hydrogen-bond acceptors (Lipinski definition) is 1. The van der Waals surface area contributed by atoms with Gasteiger partial charge < -0.3 is 10.3 Å². The Kier molecular flexibility index (Phi) is 4.99. The van der Waals surface area contributed by atoms with Gasteiger partial charge in [-0.15, -0.1) is 0 Å². The average Bonchev–Trinajstić information content (AvgIpc) is 2.94. The first-order valence-electron chi connectivity index (χ1n) is 7.78. The molecule has 0 atom stereocenters. The van der Waals surface area contributed by atoms with E-state index < -0.39 is 0 Å². The van der Waals surface area contributed by atoms with Gasteiger partial charge in [-0.3, -0.25) is 4.79 Å². The first-order chi connectivity index (χ1) is 11.2. The van der Waals surface area contributed by atoms with Gasteiger partial charge in [0, 0.05) is 28.7 Å². The Bertz CT molecular complexity index is 795. The monoisotopic (exact) mass is 326 g/mol. The van der Waals surface area contributed by atoms with E-state index in [4.69, 9.17) is 11.6 Å². The third kappa shape index (κ3) is 4.14.